The van der Waals surface area contributed by atoms with E-state index in [-0.39, 0.29) is 29.1 Å². The summed E-state index contributed by atoms with van der Waals surface area (Å²) in [5.41, 5.74) is 3.61. The second-order valence-electron chi connectivity index (χ2n) is 3.58. The van der Waals surface area contributed by atoms with E-state index in [0.717, 1.165) is 6.61 Å². The third kappa shape index (κ3) is 19.4. The van der Waals surface area contributed by atoms with Crippen molar-refractivity contribution in [2.45, 2.75) is 24.1 Å². The Balaban J connectivity index is -0.000000106. The van der Waals surface area contributed by atoms with Crippen LogP contribution < -0.4 is 0 Å². The second-order valence-corrected chi connectivity index (χ2v) is 4.76. The van der Waals surface area contributed by atoms with Crippen LogP contribution in [-0.2, 0) is 26.6 Å². The van der Waals surface area contributed by atoms with Crippen LogP contribution in [0, 0.1) is 13.3 Å². The predicted molar refractivity (Wildman–Crippen MR) is 82.1 cm³/mol. The largest absolute Gasteiger partial charge is 4.00 e. The molecule has 6 heteroatoms. The summed E-state index contributed by atoms with van der Waals surface area (Å²) in [5, 5.41) is 7.00. The molecule has 0 spiro atoms. The van der Waals surface area contributed by atoms with Gasteiger partial charge in [0.2, 0.25) is 0 Å². The molecular weight excluding hydrogens is 330 g/mol. The third-order valence-electron chi connectivity index (χ3n) is 1.98. The summed E-state index contributed by atoms with van der Waals surface area (Å²) < 4.78 is 0. The van der Waals surface area contributed by atoms with Gasteiger partial charge in [0.15, 0.2) is 0 Å². The van der Waals surface area contributed by atoms with Gasteiger partial charge in [-0.15, -0.1) is 7.05 Å². The number of alkyl halides is 1. The van der Waals surface area contributed by atoms with Gasteiger partial charge >= 0.3 is 21.7 Å². The van der Waals surface area contributed by atoms with Crippen molar-refractivity contribution in [2.75, 3.05) is 41.8 Å². The Labute approximate surface area is 137 Å². The molecular formula is C12H28BrN3OTi. The molecule has 0 saturated heterocycles. The topological polar surface area (TPSA) is 51.5 Å². The van der Waals surface area contributed by atoms with Crippen LogP contribution in [0.15, 0.2) is 0 Å². The SMILES string of the molecule is C[N-]C.C[N-]C.C[N-]OCC1CCCC1Br.[CH3-].[Ti+4]. The van der Waals surface area contributed by atoms with Crippen LogP contribution >= 0.6 is 15.9 Å². The van der Waals surface area contributed by atoms with Crippen LogP contribution in [0.5, 0.6) is 0 Å². The number of hydrogen-bond acceptors (Lipinski definition) is 1. The van der Waals surface area contributed by atoms with Crippen LogP contribution in [0.2, 0.25) is 0 Å². The van der Waals surface area contributed by atoms with Gasteiger partial charge < -0.3 is 28.4 Å². The first-order chi connectivity index (χ1) is 7.67. The van der Waals surface area contributed by atoms with E-state index in [1.54, 1.807) is 35.2 Å². The molecule has 0 bridgehead atoms. The molecule has 2 atom stereocenters. The Morgan fingerprint density at radius 1 is 1.06 bits per heavy atom. The minimum absolute atomic E-state index is 0. The smallest absolute Gasteiger partial charge is 0.668 e. The number of hydroxylamine groups is 1. The maximum absolute atomic E-state index is 4.98. The molecule has 1 aliphatic rings. The van der Waals surface area contributed by atoms with Crippen molar-refractivity contribution in [2.24, 2.45) is 5.92 Å². The van der Waals surface area contributed by atoms with Crippen molar-refractivity contribution in [1.82, 2.24) is 0 Å². The molecule has 18 heavy (non-hydrogen) atoms. The molecule has 1 fully saturated rings. The van der Waals surface area contributed by atoms with Crippen molar-refractivity contribution in [3.05, 3.63) is 23.5 Å². The van der Waals surface area contributed by atoms with E-state index in [0.29, 0.717) is 10.7 Å². The number of nitrogens with zero attached hydrogens (tertiary/aromatic N) is 3. The molecule has 1 aliphatic carbocycles. The van der Waals surface area contributed by atoms with E-state index in [1.807, 2.05) is 0 Å². The number of halogens is 1. The molecule has 0 aromatic rings. The molecule has 0 aromatic heterocycles. The fraction of sp³-hybridized carbons (Fsp3) is 0.917. The number of hydrogen-bond donors (Lipinski definition) is 0. The Morgan fingerprint density at radius 2 is 1.50 bits per heavy atom. The van der Waals surface area contributed by atoms with Crippen LogP contribution in [0.4, 0.5) is 0 Å². The minimum atomic E-state index is 0. The fourth-order valence-corrected chi connectivity index (χ4v) is 2.09. The summed E-state index contributed by atoms with van der Waals surface area (Å²) in [5.74, 6) is 0.684. The van der Waals surface area contributed by atoms with Crippen LogP contribution in [-0.4, -0.2) is 46.7 Å². The normalized spacial score (nSPS) is 20.3. The zero-order valence-corrected chi connectivity index (χ0v) is 15.8. The maximum Gasteiger partial charge on any atom is 4.00 e. The van der Waals surface area contributed by atoms with Crippen LogP contribution in [0.3, 0.4) is 0 Å². The van der Waals surface area contributed by atoms with Gasteiger partial charge in [0.1, 0.15) is 0 Å². The number of rotatable bonds is 3. The van der Waals surface area contributed by atoms with E-state index in [2.05, 4.69) is 32.0 Å². The van der Waals surface area contributed by atoms with Gasteiger partial charge in [-0.1, -0.05) is 22.4 Å². The quantitative estimate of drug-likeness (QED) is 0.323. The standard InChI is InChI=1S/C7H13BrNO.2C2H6N.CH3.Ti/c1-9-10-5-6-3-2-4-7(6)8;2*1-3-2;;/h6-7H,2-5H2,1H3;2*1-2H3;1H3;/q4*-1;+4. The van der Waals surface area contributed by atoms with Gasteiger partial charge in [0, 0.05) is 11.4 Å². The summed E-state index contributed by atoms with van der Waals surface area (Å²) in [6, 6.07) is 0. The molecule has 0 aromatic carbocycles. The summed E-state index contributed by atoms with van der Waals surface area (Å²) in [6.45, 7) is 0.784. The van der Waals surface area contributed by atoms with E-state index in [4.69, 9.17) is 4.84 Å². The van der Waals surface area contributed by atoms with E-state index >= 15 is 0 Å². The van der Waals surface area contributed by atoms with Gasteiger partial charge in [-0.25, -0.2) is 0 Å². The van der Waals surface area contributed by atoms with Crippen molar-refractivity contribution < 1.29 is 26.6 Å². The maximum atomic E-state index is 4.98. The van der Waals surface area contributed by atoms with Crippen molar-refractivity contribution in [1.29, 1.82) is 0 Å². The Morgan fingerprint density at radius 3 is 1.78 bits per heavy atom. The Hall–Kier alpha value is 1.03. The molecule has 1 rings (SSSR count). The van der Waals surface area contributed by atoms with Gasteiger partial charge in [0.25, 0.3) is 0 Å². The van der Waals surface area contributed by atoms with Crippen molar-refractivity contribution >= 4 is 15.9 Å². The zero-order chi connectivity index (χ0) is 12.8. The van der Waals surface area contributed by atoms with Gasteiger partial charge in [-0.05, 0) is 18.8 Å². The van der Waals surface area contributed by atoms with E-state index in [9.17, 15) is 0 Å². The first-order valence-corrected chi connectivity index (χ1v) is 6.40. The van der Waals surface area contributed by atoms with Gasteiger partial charge in [0.05, 0.1) is 0 Å². The Bertz CT molecular complexity index is 132. The molecule has 108 valence electrons. The van der Waals surface area contributed by atoms with Gasteiger partial charge in [-0.2, -0.15) is 28.2 Å². The minimum Gasteiger partial charge on any atom is -0.668 e. The third-order valence-corrected chi connectivity index (χ3v) is 3.19. The summed E-state index contributed by atoms with van der Waals surface area (Å²) >= 11 is 3.61. The van der Waals surface area contributed by atoms with Crippen molar-refractivity contribution in [3.63, 3.8) is 0 Å². The van der Waals surface area contributed by atoms with Crippen LogP contribution in [0.1, 0.15) is 19.3 Å². The molecule has 0 heterocycles. The summed E-state index contributed by atoms with van der Waals surface area (Å²) in [7, 11) is 8.68. The average molecular weight is 358 g/mol. The van der Waals surface area contributed by atoms with E-state index in [1.165, 1.54) is 19.3 Å². The fourth-order valence-electron chi connectivity index (χ4n) is 1.35. The monoisotopic (exact) mass is 357 g/mol. The zero-order valence-electron chi connectivity index (χ0n) is 12.6. The molecule has 0 N–H and O–H groups in total. The molecule has 4 nitrogen and oxygen atoms in total. The molecule has 0 aliphatic heterocycles. The molecule has 2 unspecified atom stereocenters. The first kappa shape index (κ1) is 27.4. The van der Waals surface area contributed by atoms with Crippen LogP contribution in [0.25, 0.3) is 16.1 Å². The molecule has 1 saturated carbocycles. The molecule has 0 amide bonds. The second kappa shape index (κ2) is 23.2. The molecule has 0 radical (unpaired) electrons. The van der Waals surface area contributed by atoms with Gasteiger partial charge in [-0.3, -0.25) is 0 Å². The Kier molecular flexibility index (Phi) is 35.2. The average Bonchev–Trinajstić information content (AvgIpc) is 2.63. The van der Waals surface area contributed by atoms with E-state index < -0.39 is 0 Å². The first-order valence-electron chi connectivity index (χ1n) is 5.48. The predicted octanol–water partition coefficient (Wildman–Crippen LogP) is 4.17. The van der Waals surface area contributed by atoms with Crippen molar-refractivity contribution in [3.8, 4) is 0 Å². The summed E-state index contributed by atoms with van der Waals surface area (Å²) in [6.07, 6.45) is 3.90. The summed E-state index contributed by atoms with van der Waals surface area (Å²) in [4.78, 5) is 5.64.